The second kappa shape index (κ2) is 8.07. The monoisotopic (exact) mass is 294 g/mol. The molecule has 21 heavy (non-hydrogen) atoms. The Morgan fingerprint density at radius 1 is 1.48 bits per heavy atom. The number of benzene rings is 1. The molecular weight excluding hydrogens is 272 g/mol. The van der Waals surface area contributed by atoms with Crippen molar-refractivity contribution in [3.05, 3.63) is 39.9 Å². The van der Waals surface area contributed by atoms with E-state index in [1.807, 2.05) is 6.07 Å². The van der Waals surface area contributed by atoms with Gasteiger partial charge in [0, 0.05) is 24.7 Å². The summed E-state index contributed by atoms with van der Waals surface area (Å²) >= 11 is 0. The van der Waals surface area contributed by atoms with Crippen LogP contribution in [0.4, 0.5) is 5.69 Å². The maximum atomic E-state index is 10.9. The molecule has 2 unspecified atom stereocenters. The van der Waals surface area contributed by atoms with Gasteiger partial charge in [0.15, 0.2) is 0 Å². The van der Waals surface area contributed by atoms with Gasteiger partial charge in [0.05, 0.1) is 30.8 Å². The zero-order chi connectivity index (χ0) is 15.1. The Labute approximate surface area is 124 Å². The Morgan fingerprint density at radius 3 is 3.00 bits per heavy atom. The molecule has 1 heterocycles. The molecule has 1 aromatic rings. The number of nitro groups is 1. The summed E-state index contributed by atoms with van der Waals surface area (Å²) in [6.45, 7) is 4.67. The highest BCUT2D eigenvalue weighted by Gasteiger charge is 2.18. The van der Waals surface area contributed by atoms with Gasteiger partial charge in [-0.15, -0.1) is 0 Å². The third-order valence-electron chi connectivity index (χ3n) is 3.54. The van der Waals surface area contributed by atoms with Crippen molar-refractivity contribution in [2.24, 2.45) is 0 Å². The lowest BCUT2D eigenvalue weighted by atomic mass is 10.0. The molecule has 1 aliphatic heterocycles. The van der Waals surface area contributed by atoms with Gasteiger partial charge in [-0.05, 0) is 12.0 Å². The molecule has 1 N–H and O–H groups in total. The minimum Gasteiger partial charge on any atom is -0.376 e. The second-order valence-corrected chi connectivity index (χ2v) is 5.17. The predicted molar refractivity (Wildman–Crippen MR) is 79.3 cm³/mol. The summed E-state index contributed by atoms with van der Waals surface area (Å²) in [5.41, 5.74) is 1.08. The van der Waals surface area contributed by atoms with Crippen molar-refractivity contribution in [3.8, 4) is 0 Å². The summed E-state index contributed by atoms with van der Waals surface area (Å²) in [5.74, 6) is 0. The van der Waals surface area contributed by atoms with Gasteiger partial charge in [0.25, 0.3) is 5.69 Å². The summed E-state index contributed by atoms with van der Waals surface area (Å²) < 4.78 is 11.0. The van der Waals surface area contributed by atoms with E-state index >= 15 is 0 Å². The zero-order valence-corrected chi connectivity index (χ0v) is 12.3. The summed E-state index contributed by atoms with van der Waals surface area (Å²) in [5, 5.41) is 14.3. The van der Waals surface area contributed by atoms with Crippen LogP contribution in [0.15, 0.2) is 24.3 Å². The highest BCUT2D eigenvalue weighted by molar-refractivity contribution is 5.35. The summed E-state index contributed by atoms with van der Waals surface area (Å²) in [7, 11) is 0. The number of nitrogens with one attached hydrogen (secondary N) is 1. The highest BCUT2D eigenvalue weighted by Crippen LogP contribution is 2.23. The van der Waals surface area contributed by atoms with Gasteiger partial charge >= 0.3 is 0 Å². The van der Waals surface area contributed by atoms with E-state index in [1.165, 1.54) is 6.07 Å². The van der Waals surface area contributed by atoms with E-state index in [4.69, 9.17) is 9.47 Å². The average molecular weight is 294 g/mol. The van der Waals surface area contributed by atoms with E-state index in [1.54, 1.807) is 12.1 Å². The lowest BCUT2D eigenvalue weighted by Crippen LogP contribution is -2.38. The second-order valence-electron chi connectivity index (χ2n) is 5.17. The number of hydrogen-bond acceptors (Lipinski definition) is 5. The smallest absolute Gasteiger partial charge is 0.269 e. The first kappa shape index (κ1) is 15.9. The molecule has 1 saturated heterocycles. The molecule has 2 atom stereocenters. The van der Waals surface area contributed by atoms with Gasteiger partial charge < -0.3 is 14.8 Å². The Balaban J connectivity index is 2.00. The summed E-state index contributed by atoms with van der Waals surface area (Å²) in [4.78, 5) is 10.5. The molecule has 1 fully saturated rings. The molecule has 0 aliphatic carbocycles. The van der Waals surface area contributed by atoms with Crippen molar-refractivity contribution in [1.29, 1.82) is 0 Å². The van der Waals surface area contributed by atoms with Crippen LogP contribution in [-0.4, -0.2) is 37.4 Å². The van der Waals surface area contributed by atoms with Crippen LogP contribution in [0, 0.1) is 10.1 Å². The molecule has 0 bridgehead atoms. The maximum Gasteiger partial charge on any atom is 0.269 e. The topological polar surface area (TPSA) is 73.6 Å². The van der Waals surface area contributed by atoms with Gasteiger partial charge in [-0.2, -0.15) is 0 Å². The lowest BCUT2D eigenvalue weighted by Gasteiger charge is -2.26. The largest absolute Gasteiger partial charge is 0.376 e. The van der Waals surface area contributed by atoms with Crippen molar-refractivity contribution in [2.45, 2.75) is 31.9 Å². The fourth-order valence-corrected chi connectivity index (χ4v) is 2.46. The molecule has 0 aromatic heterocycles. The number of rotatable bonds is 7. The van der Waals surface area contributed by atoms with E-state index in [0.29, 0.717) is 26.4 Å². The van der Waals surface area contributed by atoms with Crippen LogP contribution in [-0.2, 0) is 9.47 Å². The fraction of sp³-hybridized carbons (Fsp3) is 0.600. The molecule has 0 saturated carbocycles. The minimum absolute atomic E-state index is 0.0526. The maximum absolute atomic E-state index is 10.9. The minimum atomic E-state index is -0.357. The molecule has 6 heteroatoms. The van der Waals surface area contributed by atoms with Crippen molar-refractivity contribution < 1.29 is 14.4 Å². The third-order valence-corrected chi connectivity index (χ3v) is 3.54. The first-order valence-corrected chi connectivity index (χ1v) is 7.37. The van der Waals surface area contributed by atoms with Crippen LogP contribution in [0.1, 0.15) is 31.4 Å². The molecule has 2 rings (SSSR count). The Morgan fingerprint density at radius 2 is 2.33 bits per heavy atom. The molecule has 1 aliphatic rings. The van der Waals surface area contributed by atoms with Gasteiger partial charge in [-0.3, -0.25) is 10.1 Å². The van der Waals surface area contributed by atoms with Crippen LogP contribution < -0.4 is 5.32 Å². The number of ether oxygens (including phenoxy) is 2. The molecule has 0 amide bonds. The van der Waals surface area contributed by atoms with E-state index in [9.17, 15) is 10.1 Å². The van der Waals surface area contributed by atoms with E-state index in [-0.39, 0.29) is 22.8 Å². The standard InChI is InChI=1S/C15H22N2O4/c1-2-4-15(16-10-14-11-20-7-8-21-14)12-5-3-6-13(9-12)17(18)19/h3,5-6,9,14-16H,2,4,7-8,10-11H2,1H3. The van der Waals surface area contributed by atoms with E-state index in [0.717, 1.165) is 18.4 Å². The van der Waals surface area contributed by atoms with Crippen LogP contribution in [0.2, 0.25) is 0 Å². The van der Waals surface area contributed by atoms with E-state index < -0.39 is 0 Å². The number of hydrogen-bond donors (Lipinski definition) is 1. The van der Waals surface area contributed by atoms with Crippen LogP contribution in [0.3, 0.4) is 0 Å². The first-order chi connectivity index (χ1) is 10.2. The van der Waals surface area contributed by atoms with Crippen molar-refractivity contribution in [1.82, 2.24) is 5.32 Å². The quantitative estimate of drug-likeness (QED) is 0.617. The first-order valence-electron chi connectivity index (χ1n) is 7.37. The Hall–Kier alpha value is -1.50. The highest BCUT2D eigenvalue weighted by atomic mass is 16.6. The number of nitrogens with zero attached hydrogens (tertiary/aromatic N) is 1. The van der Waals surface area contributed by atoms with Crippen molar-refractivity contribution in [2.75, 3.05) is 26.4 Å². The number of nitro benzene ring substituents is 1. The SMILES string of the molecule is CCCC(NCC1COCCO1)c1cccc([N+](=O)[O-])c1. The van der Waals surface area contributed by atoms with Gasteiger partial charge in [0.2, 0.25) is 0 Å². The van der Waals surface area contributed by atoms with Crippen LogP contribution >= 0.6 is 0 Å². The predicted octanol–water partition coefficient (Wildman–Crippen LogP) is 2.44. The Kier molecular flexibility index (Phi) is 6.10. The zero-order valence-electron chi connectivity index (χ0n) is 12.3. The van der Waals surface area contributed by atoms with Crippen LogP contribution in [0.25, 0.3) is 0 Å². The molecule has 0 radical (unpaired) electrons. The summed E-state index contributed by atoms with van der Waals surface area (Å²) in [6.07, 6.45) is 1.98. The summed E-state index contributed by atoms with van der Waals surface area (Å²) in [6, 6.07) is 6.92. The van der Waals surface area contributed by atoms with Gasteiger partial charge in [0.1, 0.15) is 0 Å². The van der Waals surface area contributed by atoms with Crippen LogP contribution in [0.5, 0.6) is 0 Å². The average Bonchev–Trinajstić information content (AvgIpc) is 2.52. The molecular formula is C15H22N2O4. The van der Waals surface area contributed by atoms with Crippen molar-refractivity contribution >= 4 is 5.69 Å². The third kappa shape index (κ3) is 4.77. The van der Waals surface area contributed by atoms with Crippen molar-refractivity contribution in [3.63, 3.8) is 0 Å². The lowest BCUT2D eigenvalue weighted by molar-refractivity contribution is -0.384. The fourth-order valence-electron chi connectivity index (χ4n) is 2.46. The Bertz CT molecular complexity index is 461. The number of non-ortho nitro benzene ring substituents is 1. The molecule has 0 spiro atoms. The van der Waals surface area contributed by atoms with E-state index in [2.05, 4.69) is 12.2 Å². The normalized spacial score (nSPS) is 20.1. The molecule has 116 valence electrons. The molecule has 1 aromatic carbocycles. The van der Waals surface area contributed by atoms with Gasteiger partial charge in [-0.1, -0.05) is 25.5 Å². The molecule has 6 nitrogen and oxygen atoms in total. The van der Waals surface area contributed by atoms with Gasteiger partial charge in [-0.25, -0.2) is 0 Å².